The minimum atomic E-state index is -0.765. The molecule has 0 aromatic carbocycles. The maximum absolute atomic E-state index is 11.2. The van der Waals surface area contributed by atoms with E-state index < -0.39 is 12.1 Å². The highest BCUT2D eigenvalue weighted by Gasteiger charge is 2.33. The summed E-state index contributed by atoms with van der Waals surface area (Å²) in [4.78, 5) is 18.9. The van der Waals surface area contributed by atoms with Crippen LogP contribution < -0.4 is 5.73 Å². The molecule has 0 spiro atoms. The minimum absolute atomic E-state index is 0.517. The van der Waals surface area contributed by atoms with Gasteiger partial charge in [0.15, 0.2) is 0 Å². The third kappa shape index (κ3) is 3.01. The first-order valence-corrected chi connectivity index (χ1v) is 6.86. The molecular formula is C13H22N4O. The van der Waals surface area contributed by atoms with Gasteiger partial charge >= 0.3 is 12.1 Å². The van der Waals surface area contributed by atoms with Gasteiger partial charge in [0.1, 0.15) is 0 Å². The zero-order valence-corrected chi connectivity index (χ0v) is 10.8. The van der Waals surface area contributed by atoms with E-state index in [0.717, 1.165) is 32.2 Å². The Balaban J connectivity index is 1.84. The lowest BCUT2D eigenvalue weighted by Gasteiger charge is -2.40. The lowest BCUT2D eigenvalue weighted by molar-refractivity contribution is -0.122. The van der Waals surface area contributed by atoms with Crippen molar-refractivity contribution in [2.24, 2.45) is 5.73 Å². The fourth-order valence-electron chi connectivity index (χ4n) is 3.12. The molecule has 1 atom stereocenters. The highest BCUT2D eigenvalue weighted by atomic mass is 16.1. The van der Waals surface area contributed by atoms with Crippen molar-refractivity contribution in [3.63, 3.8) is 0 Å². The summed E-state index contributed by atoms with van der Waals surface area (Å²) in [6, 6.07) is 0.723. The van der Waals surface area contributed by atoms with Gasteiger partial charge in [-0.3, -0.25) is 14.5 Å². The molecule has 1 amide bonds. The fourth-order valence-corrected chi connectivity index (χ4v) is 3.12. The Morgan fingerprint density at radius 2 is 1.78 bits per heavy atom. The highest BCUT2D eigenvalue weighted by molar-refractivity contribution is 5.81. The molecule has 5 heteroatoms. The Hall–Kier alpha value is -1.12. The van der Waals surface area contributed by atoms with Crippen LogP contribution in [0, 0.1) is 6.57 Å². The van der Waals surface area contributed by atoms with Crippen LogP contribution in [0.25, 0.3) is 4.85 Å². The number of primary amides is 1. The second-order valence-corrected chi connectivity index (χ2v) is 5.27. The van der Waals surface area contributed by atoms with E-state index in [1.807, 2.05) is 4.90 Å². The van der Waals surface area contributed by atoms with Gasteiger partial charge < -0.3 is 5.73 Å². The lowest BCUT2D eigenvalue weighted by atomic mass is 9.94. The third-order valence-electron chi connectivity index (χ3n) is 4.16. The van der Waals surface area contributed by atoms with Crippen molar-refractivity contribution in [2.75, 3.05) is 26.2 Å². The molecule has 1 heterocycles. The fraction of sp³-hybridized carbons (Fsp3) is 0.846. The van der Waals surface area contributed by atoms with Gasteiger partial charge in [-0.15, -0.1) is 0 Å². The Bertz CT molecular complexity index is 324. The van der Waals surface area contributed by atoms with Crippen molar-refractivity contribution >= 4 is 5.91 Å². The van der Waals surface area contributed by atoms with E-state index in [4.69, 9.17) is 12.3 Å². The Labute approximate surface area is 109 Å². The number of hydrogen-bond donors (Lipinski definition) is 1. The number of rotatable bonds is 3. The number of nitrogens with zero attached hydrogens (tertiary/aromatic N) is 3. The standard InChI is InChI=1S/C13H22N4O/c1-15-13(12(14)18)17-9-7-16(8-10-17)11-5-3-2-4-6-11/h11,13H,2-10H2,(H2,14,18). The smallest absolute Gasteiger partial charge is 0.357 e. The van der Waals surface area contributed by atoms with Crippen LogP contribution >= 0.6 is 0 Å². The Kier molecular flexibility index (Phi) is 4.56. The molecule has 100 valence electrons. The maximum atomic E-state index is 11.2. The van der Waals surface area contributed by atoms with E-state index in [2.05, 4.69) is 9.74 Å². The van der Waals surface area contributed by atoms with Crippen molar-refractivity contribution < 1.29 is 4.79 Å². The molecule has 2 N–H and O–H groups in total. The number of hydrogen-bond acceptors (Lipinski definition) is 3. The Morgan fingerprint density at radius 1 is 1.17 bits per heavy atom. The molecule has 0 bridgehead atoms. The summed E-state index contributed by atoms with van der Waals surface area (Å²) in [5, 5.41) is 0. The van der Waals surface area contributed by atoms with Crippen LogP contribution in [0.1, 0.15) is 32.1 Å². The first-order chi connectivity index (χ1) is 8.72. The molecule has 1 saturated heterocycles. The van der Waals surface area contributed by atoms with Gasteiger partial charge in [-0.05, 0) is 12.8 Å². The van der Waals surface area contributed by atoms with Crippen LogP contribution in [0.2, 0.25) is 0 Å². The van der Waals surface area contributed by atoms with Gasteiger partial charge in [-0.25, -0.2) is 11.5 Å². The van der Waals surface area contributed by atoms with Crippen molar-refractivity contribution in [1.82, 2.24) is 9.80 Å². The molecule has 0 aromatic heterocycles. The maximum Gasteiger partial charge on any atom is 0.357 e. The van der Waals surface area contributed by atoms with Crippen LogP contribution in [0.3, 0.4) is 0 Å². The molecule has 1 aliphatic heterocycles. The summed E-state index contributed by atoms with van der Waals surface area (Å²) < 4.78 is 0. The van der Waals surface area contributed by atoms with Gasteiger partial charge in [0.25, 0.3) is 0 Å². The quantitative estimate of drug-likeness (QED) is 0.749. The van der Waals surface area contributed by atoms with Crippen LogP contribution in [0.15, 0.2) is 0 Å². The predicted octanol–water partition coefficient (Wildman–Crippen LogP) is 0.667. The van der Waals surface area contributed by atoms with Crippen LogP contribution in [-0.2, 0) is 4.79 Å². The molecule has 2 fully saturated rings. The van der Waals surface area contributed by atoms with Crippen molar-refractivity contribution in [2.45, 2.75) is 44.3 Å². The van der Waals surface area contributed by atoms with E-state index in [-0.39, 0.29) is 0 Å². The molecule has 1 saturated carbocycles. The first-order valence-electron chi connectivity index (χ1n) is 6.86. The van der Waals surface area contributed by atoms with Gasteiger partial charge in [0, 0.05) is 32.2 Å². The monoisotopic (exact) mass is 250 g/mol. The summed E-state index contributed by atoms with van der Waals surface area (Å²) in [6.07, 6.45) is 5.91. The number of carbonyl (C=O) groups excluding carboxylic acids is 1. The molecule has 0 radical (unpaired) electrons. The zero-order chi connectivity index (χ0) is 13.0. The van der Waals surface area contributed by atoms with E-state index in [0.29, 0.717) is 0 Å². The highest BCUT2D eigenvalue weighted by Crippen LogP contribution is 2.23. The summed E-state index contributed by atoms with van der Waals surface area (Å²) >= 11 is 0. The van der Waals surface area contributed by atoms with Crippen LogP contribution in [0.5, 0.6) is 0 Å². The number of carbonyl (C=O) groups is 1. The number of nitrogens with two attached hydrogens (primary N) is 1. The largest absolute Gasteiger partial charge is 0.362 e. The van der Waals surface area contributed by atoms with Crippen LogP contribution in [0.4, 0.5) is 0 Å². The molecule has 5 nitrogen and oxygen atoms in total. The molecule has 0 aromatic rings. The average molecular weight is 250 g/mol. The SMILES string of the molecule is [C-]#[N+]C(C(N)=O)N1CCN(C2CCCCC2)CC1. The second-order valence-electron chi connectivity index (χ2n) is 5.27. The van der Waals surface area contributed by atoms with Crippen molar-refractivity contribution in [3.05, 3.63) is 11.4 Å². The lowest BCUT2D eigenvalue weighted by Crippen LogP contribution is -2.55. The summed E-state index contributed by atoms with van der Waals surface area (Å²) in [6.45, 7) is 10.5. The van der Waals surface area contributed by atoms with Gasteiger partial charge in [0.05, 0.1) is 0 Å². The minimum Gasteiger partial charge on any atom is -0.362 e. The molecular weight excluding hydrogens is 228 g/mol. The zero-order valence-electron chi connectivity index (χ0n) is 10.8. The van der Waals surface area contributed by atoms with Crippen LogP contribution in [-0.4, -0.2) is 54.1 Å². The topological polar surface area (TPSA) is 53.9 Å². The van der Waals surface area contributed by atoms with Crippen molar-refractivity contribution in [3.8, 4) is 0 Å². The van der Waals surface area contributed by atoms with Gasteiger partial charge in [-0.2, -0.15) is 0 Å². The normalized spacial score (nSPS) is 25.5. The molecule has 18 heavy (non-hydrogen) atoms. The summed E-state index contributed by atoms with van der Waals surface area (Å²) in [5.74, 6) is -0.517. The van der Waals surface area contributed by atoms with Crippen molar-refractivity contribution in [1.29, 1.82) is 0 Å². The molecule has 1 aliphatic carbocycles. The predicted molar refractivity (Wildman–Crippen MR) is 69.6 cm³/mol. The number of amides is 1. The van der Waals surface area contributed by atoms with Gasteiger partial charge in [0.2, 0.25) is 0 Å². The third-order valence-corrected chi connectivity index (χ3v) is 4.16. The van der Waals surface area contributed by atoms with E-state index in [9.17, 15) is 4.79 Å². The Morgan fingerprint density at radius 3 is 2.28 bits per heavy atom. The van der Waals surface area contributed by atoms with E-state index in [1.54, 1.807) is 0 Å². The average Bonchev–Trinajstić information content (AvgIpc) is 2.41. The summed E-state index contributed by atoms with van der Waals surface area (Å²) in [5.41, 5.74) is 5.25. The second kappa shape index (κ2) is 6.17. The molecule has 2 aliphatic rings. The van der Waals surface area contributed by atoms with Gasteiger partial charge in [-0.1, -0.05) is 19.3 Å². The summed E-state index contributed by atoms with van der Waals surface area (Å²) in [7, 11) is 0. The van der Waals surface area contributed by atoms with E-state index >= 15 is 0 Å². The first kappa shape index (κ1) is 13.3. The number of piperazine rings is 1. The van der Waals surface area contributed by atoms with E-state index in [1.165, 1.54) is 32.1 Å². The molecule has 1 unspecified atom stereocenters. The molecule has 2 rings (SSSR count).